The Morgan fingerprint density at radius 3 is 2.46 bits per heavy atom. The molecule has 3 rings (SSSR count). The van der Waals surface area contributed by atoms with Crippen LogP contribution in [0.5, 0.6) is 0 Å². The number of amidine groups is 1. The summed E-state index contributed by atoms with van der Waals surface area (Å²) >= 11 is 1.51. The number of hydrogen-bond acceptors (Lipinski definition) is 4. The molecule has 0 spiro atoms. The normalized spacial score (nSPS) is 15.5. The van der Waals surface area contributed by atoms with E-state index in [-0.39, 0.29) is 5.91 Å². The zero-order valence-electron chi connectivity index (χ0n) is 16.8. The summed E-state index contributed by atoms with van der Waals surface area (Å²) in [5.41, 5.74) is 4.08. The van der Waals surface area contributed by atoms with Crippen molar-refractivity contribution in [3.05, 3.63) is 59.7 Å². The predicted octanol–water partition coefficient (Wildman–Crippen LogP) is 3.91. The lowest BCUT2D eigenvalue weighted by atomic mass is 10.1. The van der Waals surface area contributed by atoms with Crippen LogP contribution < -0.4 is 5.32 Å². The van der Waals surface area contributed by atoms with Crippen molar-refractivity contribution in [2.75, 3.05) is 44.3 Å². The van der Waals surface area contributed by atoms with Gasteiger partial charge in [-0.3, -0.25) is 4.79 Å². The third-order valence-corrected chi connectivity index (χ3v) is 5.98. The number of piperazine rings is 1. The van der Waals surface area contributed by atoms with Gasteiger partial charge in [0.1, 0.15) is 0 Å². The molecule has 28 heavy (non-hydrogen) atoms. The summed E-state index contributed by atoms with van der Waals surface area (Å²) in [7, 11) is 2.14. The monoisotopic (exact) mass is 396 g/mol. The molecule has 0 unspecified atom stereocenters. The lowest BCUT2D eigenvalue weighted by molar-refractivity contribution is -0.113. The zero-order chi connectivity index (χ0) is 19.9. The second-order valence-corrected chi connectivity index (χ2v) is 8.05. The smallest absolute Gasteiger partial charge is 0.234 e. The van der Waals surface area contributed by atoms with E-state index in [4.69, 9.17) is 4.99 Å². The van der Waals surface area contributed by atoms with Crippen molar-refractivity contribution in [2.45, 2.75) is 13.8 Å². The summed E-state index contributed by atoms with van der Waals surface area (Å²) in [6.07, 6.45) is 0. The Kier molecular flexibility index (Phi) is 7.12. The van der Waals surface area contributed by atoms with Crippen LogP contribution in [0.15, 0.2) is 53.5 Å². The van der Waals surface area contributed by atoms with Gasteiger partial charge in [0.05, 0.1) is 11.4 Å². The van der Waals surface area contributed by atoms with Gasteiger partial charge < -0.3 is 15.1 Å². The van der Waals surface area contributed by atoms with Gasteiger partial charge in [0.15, 0.2) is 5.17 Å². The highest BCUT2D eigenvalue weighted by Gasteiger charge is 2.19. The molecule has 1 heterocycles. The molecule has 0 aromatic heterocycles. The van der Waals surface area contributed by atoms with Crippen LogP contribution in [-0.4, -0.2) is 59.9 Å². The number of anilines is 1. The highest BCUT2D eigenvalue weighted by Crippen LogP contribution is 2.21. The number of nitrogens with zero attached hydrogens (tertiary/aromatic N) is 3. The fraction of sp³-hybridized carbons (Fsp3) is 0.364. The number of benzene rings is 2. The number of amides is 1. The molecule has 1 aliphatic rings. The standard InChI is InChI=1S/C22H28N4OS/c1-17-8-7-11-20(18(17)2)24-21(27)16-28-22(23-19-9-5-4-6-10-19)26-14-12-25(3)13-15-26/h4-11H,12-16H2,1-3H3,(H,24,27). The van der Waals surface area contributed by atoms with E-state index in [1.54, 1.807) is 0 Å². The number of rotatable bonds is 4. The van der Waals surface area contributed by atoms with Crippen molar-refractivity contribution in [2.24, 2.45) is 4.99 Å². The van der Waals surface area contributed by atoms with E-state index in [1.165, 1.54) is 17.3 Å². The molecule has 5 nitrogen and oxygen atoms in total. The second-order valence-electron chi connectivity index (χ2n) is 7.10. The van der Waals surface area contributed by atoms with E-state index in [2.05, 4.69) is 35.2 Å². The van der Waals surface area contributed by atoms with Crippen molar-refractivity contribution in [1.29, 1.82) is 0 Å². The second kappa shape index (κ2) is 9.75. The Balaban J connectivity index is 1.68. The van der Waals surface area contributed by atoms with E-state index >= 15 is 0 Å². The van der Waals surface area contributed by atoms with Crippen LogP contribution in [0.2, 0.25) is 0 Å². The highest BCUT2D eigenvalue weighted by atomic mass is 32.2. The van der Waals surface area contributed by atoms with Crippen LogP contribution >= 0.6 is 11.8 Å². The SMILES string of the molecule is Cc1cccc(NC(=O)CSC(=Nc2ccccc2)N2CCN(C)CC2)c1C. The number of hydrogen-bond donors (Lipinski definition) is 1. The molecule has 1 saturated heterocycles. The minimum absolute atomic E-state index is 0.00594. The quantitative estimate of drug-likeness (QED) is 0.629. The van der Waals surface area contributed by atoms with Crippen LogP contribution in [0.3, 0.4) is 0 Å². The molecule has 0 saturated carbocycles. The predicted molar refractivity (Wildman–Crippen MR) is 120 cm³/mol. The van der Waals surface area contributed by atoms with Crippen LogP contribution in [0.4, 0.5) is 11.4 Å². The number of aryl methyl sites for hydroxylation is 1. The van der Waals surface area contributed by atoms with Crippen LogP contribution in [0, 0.1) is 13.8 Å². The fourth-order valence-electron chi connectivity index (χ4n) is 3.01. The van der Waals surface area contributed by atoms with Gasteiger partial charge in [-0.25, -0.2) is 4.99 Å². The number of carbonyl (C=O) groups excluding carboxylic acids is 1. The molecule has 148 valence electrons. The number of para-hydroxylation sites is 1. The van der Waals surface area contributed by atoms with Crippen molar-refractivity contribution in [1.82, 2.24) is 9.80 Å². The summed E-state index contributed by atoms with van der Waals surface area (Å²) in [5, 5.41) is 3.95. The van der Waals surface area contributed by atoms with Gasteiger partial charge in [0, 0.05) is 31.9 Å². The number of thioether (sulfide) groups is 1. The molecular formula is C22H28N4OS. The maximum atomic E-state index is 12.6. The molecule has 6 heteroatoms. The molecule has 0 aliphatic carbocycles. The van der Waals surface area contributed by atoms with E-state index in [0.717, 1.165) is 48.3 Å². The van der Waals surface area contributed by atoms with E-state index < -0.39 is 0 Å². The van der Waals surface area contributed by atoms with E-state index in [1.807, 2.05) is 49.4 Å². The molecule has 1 N–H and O–H groups in total. The van der Waals surface area contributed by atoms with Gasteiger partial charge >= 0.3 is 0 Å². The maximum absolute atomic E-state index is 12.6. The van der Waals surface area contributed by atoms with Gasteiger partial charge in [-0.15, -0.1) is 0 Å². The first-order chi connectivity index (χ1) is 13.5. The molecule has 2 aromatic rings. The summed E-state index contributed by atoms with van der Waals surface area (Å²) in [4.78, 5) is 22.0. The first-order valence-electron chi connectivity index (χ1n) is 9.59. The summed E-state index contributed by atoms with van der Waals surface area (Å²) in [5.74, 6) is 0.333. The summed E-state index contributed by atoms with van der Waals surface area (Å²) in [6.45, 7) is 7.94. The Hall–Kier alpha value is -2.31. The first-order valence-corrected chi connectivity index (χ1v) is 10.6. The molecule has 0 radical (unpaired) electrons. The molecule has 0 atom stereocenters. The van der Waals surface area contributed by atoms with Crippen molar-refractivity contribution in [3.63, 3.8) is 0 Å². The molecule has 1 amide bonds. The van der Waals surface area contributed by atoms with Gasteiger partial charge in [0.25, 0.3) is 0 Å². The average Bonchev–Trinajstić information content (AvgIpc) is 2.70. The fourth-order valence-corrected chi connectivity index (χ4v) is 3.88. The minimum Gasteiger partial charge on any atom is -0.349 e. The number of likely N-dealkylation sites (N-methyl/N-ethyl adjacent to an activating group) is 1. The summed E-state index contributed by atoms with van der Waals surface area (Å²) in [6, 6.07) is 15.9. The van der Waals surface area contributed by atoms with Crippen LogP contribution in [-0.2, 0) is 4.79 Å². The Morgan fingerprint density at radius 1 is 1.04 bits per heavy atom. The number of aliphatic imine (C=N–C) groups is 1. The molecule has 1 fully saturated rings. The van der Waals surface area contributed by atoms with E-state index in [0.29, 0.717) is 5.75 Å². The van der Waals surface area contributed by atoms with Crippen molar-refractivity contribution >= 4 is 34.2 Å². The highest BCUT2D eigenvalue weighted by molar-refractivity contribution is 8.14. The van der Waals surface area contributed by atoms with Gasteiger partial charge in [-0.05, 0) is 50.2 Å². The molecule has 1 aliphatic heterocycles. The van der Waals surface area contributed by atoms with Crippen molar-refractivity contribution < 1.29 is 4.79 Å². The lowest BCUT2D eigenvalue weighted by Crippen LogP contribution is -2.46. The molecule has 0 bridgehead atoms. The van der Waals surface area contributed by atoms with Gasteiger partial charge in [0.2, 0.25) is 5.91 Å². The summed E-state index contributed by atoms with van der Waals surface area (Å²) < 4.78 is 0. The van der Waals surface area contributed by atoms with E-state index in [9.17, 15) is 4.79 Å². The van der Waals surface area contributed by atoms with Crippen molar-refractivity contribution in [3.8, 4) is 0 Å². The Morgan fingerprint density at radius 2 is 1.75 bits per heavy atom. The first kappa shape index (κ1) is 20.4. The largest absolute Gasteiger partial charge is 0.349 e. The average molecular weight is 397 g/mol. The Labute approximate surface area is 171 Å². The number of carbonyl (C=O) groups is 1. The molecular weight excluding hydrogens is 368 g/mol. The van der Waals surface area contributed by atoms with Gasteiger partial charge in [-0.1, -0.05) is 42.1 Å². The van der Waals surface area contributed by atoms with Crippen LogP contribution in [0.25, 0.3) is 0 Å². The topological polar surface area (TPSA) is 47.9 Å². The van der Waals surface area contributed by atoms with Gasteiger partial charge in [-0.2, -0.15) is 0 Å². The third kappa shape index (κ3) is 5.59. The lowest BCUT2D eigenvalue weighted by Gasteiger charge is -2.34. The Bertz CT molecular complexity index is 830. The number of nitrogens with one attached hydrogen (secondary N) is 1. The molecule has 2 aromatic carbocycles. The zero-order valence-corrected chi connectivity index (χ0v) is 17.6. The minimum atomic E-state index is -0.00594. The van der Waals surface area contributed by atoms with Crippen LogP contribution in [0.1, 0.15) is 11.1 Å². The third-order valence-electron chi connectivity index (χ3n) is 4.97. The maximum Gasteiger partial charge on any atom is 0.234 e.